The summed E-state index contributed by atoms with van der Waals surface area (Å²) in [5.74, 6) is 1.98. The third-order valence-corrected chi connectivity index (χ3v) is 3.01. The van der Waals surface area contributed by atoms with Crippen LogP contribution in [0.1, 0.15) is 20.3 Å². The quantitative estimate of drug-likeness (QED) is 0.556. The van der Waals surface area contributed by atoms with Gasteiger partial charge in [0.15, 0.2) is 0 Å². The van der Waals surface area contributed by atoms with E-state index >= 15 is 0 Å². The Morgan fingerprint density at radius 3 is 2.22 bits per heavy atom. The molecule has 0 aromatic rings. The Bertz CT molecular complexity index is 125. The summed E-state index contributed by atoms with van der Waals surface area (Å²) < 4.78 is 0. The van der Waals surface area contributed by atoms with Crippen molar-refractivity contribution in [1.82, 2.24) is 5.32 Å². The van der Waals surface area contributed by atoms with E-state index in [4.69, 9.17) is 0 Å². The van der Waals surface area contributed by atoms with Crippen LogP contribution >= 0.6 is 0 Å². The van der Waals surface area contributed by atoms with E-state index < -0.39 is 0 Å². The van der Waals surface area contributed by atoms with Crippen LogP contribution in [0.5, 0.6) is 0 Å². The number of nitrogens with one attached hydrogen (secondary N) is 1. The molecule has 1 heterocycles. The van der Waals surface area contributed by atoms with Gasteiger partial charge in [0, 0.05) is 13.1 Å². The Balaban J connectivity index is 1.94. The molecular weight excluding hydrogens is 110 g/mol. The molecule has 2 rings (SSSR count). The fourth-order valence-electron chi connectivity index (χ4n) is 2.17. The Morgan fingerprint density at radius 2 is 2.11 bits per heavy atom. The summed E-state index contributed by atoms with van der Waals surface area (Å²) >= 11 is 0. The molecule has 1 unspecified atom stereocenters. The second kappa shape index (κ2) is 1.51. The molecule has 9 heavy (non-hydrogen) atoms. The summed E-state index contributed by atoms with van der Waals surface area (Å²) in [4.78, 5) is 0. The topological polar surface area (TPSA) is 12.0 Å². The van der Waals surface area contributed by atoms with Crippen molar-refractivity contribution in [2.45, 2.75) is 20.3 Å². The standard InChI is InChI=1S/C8H15N/c1-6(2)7-3-8(7)4-9-5-8/h6-7,9H,3-5H2,1-2H3. The maximum absolute atomic E-state index is 3.35. The van der Waals surface area contributed by atoms with Gasteiger partial charge in [-0.3, -0.25) is 0 Å². The molecule has 1 saturated carbocycles. The van der Waals surface area contributed by atoms with Gasteiger partial charge in [0.2, 0.25) is 0 Å². The maximum atomic E-state index is 3.35. The molecule has 1 aliphatic carbocycles. The van der Waals surface area contributed by atoms with Gasteiger partial charge in [-0.05, 0) is 23.7 Å². The van der Waals surface area contributed by atoms with Crippen molar-refractivity contribution < 1.29 is 0 Å². The lowest BCUT2D eigenvalue weighted by atomic mass is 9.92. The normalized spacial score (nSPS) is 37.0. The molecule has 0 aromatic carbocycles. The van der Waals surface area contributed by atoms with E-state index in [1.807, 2.05) is 0 Å². The molecule has 1 heteroatoms. The van der Waals surface area contributed by atoms with Crippen LogP contribution in [0.2, 0.25) is 0 Å². The summed E-state index contributed by atoms with van der Waals surface area (Å²) in [6.45, 7) is 7.29. The largest absolute Gasteiger partial charge is 0.316 e. The summed E-state index contributed by atoms with van der Waals surface area (Å²) in [6.07, 6.45) is 1.50. The molecule has 0 radical (unpaired) electrons. The first kappa shape index (κ1) is 5.72. The van der Waals surface area contributed by atoms with Crippen molar-refractivity contribution in [3.8, 4) is 0 Å². The molecule has 1 N–H and O–H groups in total. The third-order valence-electron chi connectivity index (χ3n) is 3.01. The van der Waals surface area contributed by atoms with Crippen LogP contribution in [-0.4, -0.2) is 13.1 Å². The highest BCUT2D eigenvalue weighted by molar-refractivity contribution is 5.11. The predicted octanol–water partition coefficient (Wildman–Crippen LogP) is 1.25. The van der Waals surface area contributed by atoms with Crippen LogP contribution in [0.4, 0.5) is 0 Å². The molecule has 0 aromatic heterocycles. The highest BCUT2D eigenvalue weighted by Crippen LogP contribution is 2.58. The molecule has 1 nitrogen and oxygen atoms in total. The van der Waals surface area contributed by atoms with Crippen LogP contribution in [0, 0.1) is 17.3 Å². The number of hydrogen-bond acceptors (Lipinski definition) is 1. The van der Waals surface area contributed by atoms with Gasteiger partial charge in [-0.25, -0.2) is 0 Å². The number of rotatable bonds is 1. The fraction of sp³-hybridized carbons (Fsp3) is 1.00. The van der Waals surface area contributed by atoms with E-state index in [0.29, 0.717) is 0 Å². The molecule has 1 aliphatic heterocycles. The van der Waals surface area contributed by atoms with Crippen LogP contribution in [0.3, 0.4) is 0 Å². The second-order valence-electron chi connectivity index (χ2n) is 4.02. The van der Waals surface area contributed by atoms with E-state index in [9.17, 15) is 0 Å². The second-order valence-corrected chi connectivity index (χ2v) is 4.02. The van der Waals surface area contributed by atoms with Crippen molar-refractivity contribution >= 4 is 0 Å². The highest BCUT2D eigenvalue weighted by atomic mass is 15.0. The Morgan fingerprint density at radius 1 is 1.44 bits per heavy atom. The molecule has 0 amide bonds. The van der Waals surface area contributed by atoms with E-state index in [-0.39, 0.29) is 0 Å². The van der Waals surface area contributed by atoms with Crippen LogP contribution in [0.25, 0.3) is 0 Å². The molecular formula is C8H15N. The van der Waals surface area contributed by atoms with Crippen molar-refractivity contribution in [2.75, 3.05) is 13.1 Å². The zero-order chi connectivity index (χ0) is 6.48. The Labute approximate surface area is 56.8 Å². The molecule has 1 saturated heterocycles. The first-order valence-electron chi connectivity index (χ1n) is 3.95. The zero-order valence-corrected chi connectivity index (χ0v) is 6.28. The van der Waals surface area contributed by atoms with E-state index in [1.165, 1.54) is 19.5 Å². The average Bonchev–Trinajstić information content (AvgIpc) is 2.34. The smallest absolute Gasteiger partial charge is 0.00231 e. The van der Waals surface area contributed by atoms with E-state index in [2.05, 4.69) is 19.2 Å². The summed E-state index contributed by atoms with van der Waals surface area (Å²) in [7, 11) is 0. The Hall–Kier alpha value is -0.0400. The van der Waals surface area contributed by atoms with Crippen LogP contribution < -0.4 is 5.32 Å². The summed E-state index contributed by atoms with van der Waals surface area (Å²) in [5, 5.41) is 3.35. The van der Waals surface area contributed by atoms with Crippen molar-refractivity contribution in [1.29, 1.82) is 0 Å². The van der Waals surface area contributed by atoms with Crippen LogP contribution in [0.15, 0.2) is 0 Å². The van der Waals surface area contributed by atoms with Gasteiger partial charge in [-0.1, -0.05) is 13.8 Å². The minimum atomic E-state index is 0.800. The minimum Gasteiger partial charge on any atom is -0.316 e. The summed E-state index contributed by atoms with van der Waals surface area (Å²) in [6, 6.07) is 0. The lowest BCUT2D eigenvalue weighted by Crippen LogP contribution is -2.45. The van der Waals surface area contributed by atoms with Gasteiger partial charge in [-0.15, -0.1) is 0 Å². The molecule has 0 bridgehead atoms. The van der Waals surface area contributed by atoms with Gasteiger partial charge >= 0.3 is 0 Å². The van der Waals surface area contributed by atoms with E-state index in [0.717, 1.165) is 17.3 Å². The fourth-order valence-corrected chi connectivity index (χ4v) is 2.17. The zero-order valence-electron chi connectivity index (χ0n) is 6.28. The highest BCUT2D eigenvalue weighted by Gasteiger charge is 2.58. The molecule has 2 aliphatic rings. The minimum absolute atomic E-state index is 0.800. The van der Waals surface area contributed by atoms with E-state index in [1.54, 1.807) is 0 Å². The Kier molecular flexibility index (Phi) is 0.963. The van der Waals surface area contributed by atoms with Crippen LogP contribution in [-0.2, 0) is 0 Å². The molecule has 2 fully saturated rings. The SMILES string of the molecule is CC(C)C1CC12CNC2. The third kappa shape index (κ3) is 0.644. The predicted molar refractivity (Wildman–Crippen MR) is 38.2 cm³/mol. The lowest BCUT2D eigenvalue weighted by molar-refractivity contribution is 0.268. The monoisotopic (exact) mass is 125 g/mol. The lowest BCUT2D eigenvalue weighted by Gasteiger charge is -2.29. The maximum Gasteiger partial charge on any atom is 0.00231 e. The van der Waals surface area contributed by atoms with Gasteiger partial charge in [0.1, 0.15) is 0 Å². The van der Waals surface area contributed by atoms with Gasteiger partial charge in [0.25, 0.3) is 0 Å². The average molecular weight is 125 g/mol. The van der Waals surface area contributed by atoms with Crippen molar-refractivity contribution in [3.63, 3.8) is 0 Å². The number of hydrogen-bond donors (Lipinski definition) is 1. The van der Waals surface area contributed by atoms with Gasteiger partial charge in [-0.2, -0.15) is 0 Å². The first-order chi connectivity index (χ1) is 4.25. The molecule has 1 atom stereocenters. The molecule has 52 valence electrons. The van der Waals surface area contributed by atoms with Crippen molar-refractivity contribution in [3.05, 3.63) is 0 Å². The molecule has 1 spiro atoms. The van der Waals surface area contributed by atoms with Crippen molar-refractivity contribution in [2.24, 2.45) is 17.3 Å². The summed E-state index contributed by atoms with van der Waals surface area (Å²) in [5.41, 5.74) is 0.800. The first-order valence-corrected chi connectivity index (χ1v) is 3.95. The van der Waals surface area contributed by atoms with Gasteiger partial charge in [0.05, 0.1) is 0 Å². The van der Waals surface area contributed by atoms with Gasteiger partial charge < -0.3 is 5.32 Å².